The molecular formula is C26H33N5O4. The zero-order valence-corrected chi connectivity index (χ0v) is 20.1. The van der Waals surface area contributed by atoms with Crippen molar-refractivity contribution in [2.45, 2.75) is 37.9 Å². The van der Waals surface area contributed by atoms with Crippen molar-refractivity contribution in [1.29, 1.82) is 0 Å². The molecule has 4 rings (SSSR count). The highest BCUT2D eigenvalue weighted by atomic mass is 16.5. The highest BCUT2D eigenvalue weighted by Crippen LogP contribution is 2.24. The predicted molar refractivity (Wildman–Crippen MR) is 134 cm³/mol. The molecule has 2 amide bonds. The molecule has 0 radical (unpaired) electrons. The molecule has 2 aliphatic rings. The Hall–Kier alpha value is -3.43. The van der Waals surface area contributed by atoms with Crippen LogP contribution in [0.3, 0.4) is 0 Å². The van der Waals surface area contributed by atoms with E-state index in [9.17, 15) is 9.59 Å². The summed E-state index contributed by atoms with van der Waals surface area (Å²) in [6.07, 6.45) is 2.28. The number of hydrazone groups is 1. The number of nitrogens with zero attached hydrogens (tertiary/aromatic N) is 3. The lowest BCUT2D eigenvalue weighted by atomic mass is 10.1. The fourth-order valence-corrected chi connectivity index (χ4v) is 4.33. The highest BCUT2D eigenvalue weighted by Gasteiger charge is 2.34. The van der Waals surface area contributed by atoms with E-state index in [0.717, 1.165) is 43.9 Å². The second kappa shape index (κ2) is 11.8. The minimum atomic E-state index is -0.686. The number of likely N-dealkylation sites (N-methyl/N-ethyl adjacent to an activating group) is 1. The normalized spacial score (nSPS) is 18.4. The Bertz CT molecular complexity index is 1040. The summed E-state index contributed by atoms with van der Waals surface area (Å²) in [6.45, 7) is 3.39. The maximum Gasteiger partial charge on any atom is 0.267 e. The first-order valence-corrected chi connectivity index (χ1v) is 12.0. The van der Waals surface area contributed by atoms with Gasteiger partial charge in [-0.2, -0.15) is 5.10 Å². The number of benzene rings is 2. The summed E-state index contributed by atoms with van der Waals surface area (Å²) >= 11 is 0. The minimum absolute atomic E-state index is 0.167. The number of carbonyl (C=O) groups is 2. The summed E-state index contributed by atoms with van der Waals surface area (Å²) in [6, 6.07) is 16.8. The second-order valence-electron chi connectivity index (χ2n) is 8.85. The van der Waals surface area contributed by atoms with E-state index in [4.69, 9.17) is 15.2 Å². The topological polar surface area (TPSA) is 109 Å². The smallest absolute Gasteiger partial charge is 0.267 e. The molecule has 9 nitrogen and oxygen atoms in total. The van der Waals surface area contributed by atoms with Gasteiger partial charge in [-0.25, -0.2) is 0 Å². The van der Waals surface area contributed by atoms with E-state index in [0.29, 0.717) is 24.9 Å². The number of anilines is 1. The molecule has 2 aromatic rings. The number of nitrogens with one attached hydrogen (secondary N) is 1. The zero-order chi connectivity index (χ0) is 24.6. The molecule has 1 saturated heterocycles. The maximum absolute atomic E-state index is 12.8. The third kappa shape index (κ3) is 6.58. The van der Waals surface area contributed by atoms with Gasteiger partial charge in [-0.15, -0.1) is 0 Å². The van der Waals surface area contributed by atoms with Gasteiger partial charge < -0.3 is 20.5 Å². The number of hydrogen-bond donors (Lipinski definition) is 2. The summed E-state index contributed by atoms with van der Waals surface area (Å²) in [4.78, 5) is 27.0. The largest absolute Gasteiger partial charge is 0.492 e. The van der Waals surface area contributed by atoms with E-state index < -0.39 is 11.9 Å². The van der Waals surface area contributed by atoms with Crippen molar-refractivity contribution in [3.05, 3.63) is 60.2 Å². The van der Waals surface area contributed by atoms with Gasteiger partial charge in [-0.05, 0) is 49.7 Å². The standard InChI is InChI=1S/C26H33N5O4/c1-30(20-10-13-34-14-11-20)12-15-35-22-9-5-6-19(16-22)18-28-26(33)23-17-24(25(27)32)31(29-23)21-7-3-2-4-8-21/h2-9,16,20,24H,10-15,17-18H2,1H3,(H2,27,32)(H,28,33). The lowest BCUT2D eigenvalue weighted by Gasteiger charge is -2.31. The Kier molecular flexibility index (Phi) is 8.33. The molecule has 1 unspecified atom stereocenters. The molecular weight excluding hydrogens is 446 g/mol. The van der Waals surface area contributed by atoms with Gasteiger partial charge >= 0.3 is 0 Å². The Labute approximate surface area is 205 Å². The van der Waals surface area contributed by atoms with Gasteiger partial charge in [0.2, 0.25) is 5.91 Å². The van der Waals surface area contributed by atoms with Crippen LogP contribution in [-0.4, -0.2) is 67.9 Å². The van der Waals surface area contributed by atoms with Crippen LogP contribution in [0.25, 0.3) is 0 Å². The average molecular weight is 480 g/mol. The van der Waals surface area contributed by atoms with Crippen LogP contribution in [0.4, 0.5) is 5.69 Å². The van der Waals surface area contributed by atoms with Gasteiger partial charge in [-0.1, -0.05) is 30.3 Å². The molecule has 1 fully saturated rings. The second-order valence-corrected chi connectivity index (χ2v) is 8.85. The summed E-state index contributed by atoms with van der Waals surface area (Å²) in [5.41, 5.74) is 7.47. The van der Waals surface area contributed by atoms with Crippen LogP contribution in [0.1, 0.15) is 24.8 Å². The van der Waals surface area contributed by atoms with Crippen molar-refractivity contribution >= 4 is 23.2 Å². The van der Waals surface area contributed by atoms with Crippen molar-refractivity contribution in [2.24, 2.45) is 10.8 Å². The van der Waals surface area contributed by atoms with E-state index in [1.165, 1.54) is 5.01 Å². The molecule has 2 heterocycles. The summed E-state index contributed by atoms with van der Waals surface area (Å²) in [5, 5.41) is 8.80. The van der Waals surface area contributed by atoms with Crippen molar-refractivity contribution < 1.29 is 19.1 Å². The number of amides is 2. The third-order valence-electron chi connectivity index (χ3n) is 6.40. The maximum atomic E-state index is 12.8. The molecule has 9 heteroatoms. The van der Waals surface area contributed by atoms with Crippen molar-refractivity contribution in [3.63, 3.8) is 0 Å². The lowest BCUT2D eigenvalue weighted by molar-refractivity contribution is -0.119. The average Bonchev–Trinajstić information content (AvgIpc) is 3.35. The molecule has 186 valence electrons. The molecule has 0 aromatic heterocycles. The Balaban J connectivity index is 1.29. The van der Waals surface area contributed by atoms with E-state index >= 15 is 0 Å². The van der Waals surface area contributed by atoms with E-state index in [1.54, 1.807) is 0 Å². The highest BCUT2D eigenvalue weighted by molar-refractivity contribution is 6.40. The number of primary amides is 1. The number of para-hydroxylation sites is 1. The fourth-order valence-electron chi connectivity index (χ4n) is 4.33. The first-order valence-electron chi connectivity index (χ1n) is 12.0. The minimum Gasteiger partial charge on any atom is -0.492 e. The van der Waals surface area contributed by atoms with Gasteiger partial charge in [0.1, 0.15) is 24.1 Å². The van der Waals surface area contributed by atoms with E-state index in [1.807, 2.05) is 54.6 Å². The van der Waals surface area contributed by atoms with E-state index in [2.05, 4.69) is 22.4 Å². The quantitative estimate of drug-likeness (QED) is 0.539. The van der Waals surface area contributed by atoms with Crippen molar-refractivity contribution in [1.82, 2.24) is 10.2 Å². The van der Waals surface area contributed by atoms with Gasteiger partial charge in [0.05, 0.1) is 5.69 Å². The third-order valence-corrected chi connectivity index (χ3v) is 6.40. The molecule has 3 N–H and O–H groups in total. The predicted octanol–water partition coefficient (Wildman–Crippen LogP) is 1.91. The SMILES string of the molecule is CN(CCOc1cccc(CNC(=O)C2=NN(c3ccccc3)C(C(N)=O)C2)c1)C1CCOCC1. The molecule has 0 bridgehead atoms. The summed E-state index contributed by atoms with van der Waals surface area (Å²) in [5.74, 6) is -0.0776. The molecule has 35 heavy (non-hydrogen) atoms. The van der Waals surface area contributed by atoms with Gasteiger partial charge in [-0.3, -0.25) is 19.5 Å². The number of carbonyl (C=O) groups excluding carboxylic acids is 2. The molecule has 0 saturated carbocycles. The van der Waals surface area contributed by atoms with Gasteiger partial charge in [0.15, 0.2) is 0 Å². The van der Waals surface area contributed by atoms with Crippen LogP contribution >= 0.6 is 0 Å². The molecule has 0 spiro atoms. The number of rotatable bonds is 10. The van der Waals surface area contributed by atoms with Crippen LogP contribution in [0.5, 0.6) is 5.75 Å². The monoisotopic (exact) mass is 479 g/mol. The number of nitrogens with two attached hydrogens (primary N) is 1. The van der Waals surface area contributed by atoms with Crippen molar-refractivity contribution in [2.75, 3.05) is 38.4 Å². The molecule has 1 atom stereocenters. The van der Waals surface area contributed by atoms with Gasteiger partial charge in [0, 0.05) is 38.8 Å². The molecule has 0 aliphatic carbocycles. The lowest BCUT2D eigenvalue weighted by Crippen LogP contribution is -2.39. The van der Waals surface area contributed by atoms with Crippen LogP contribution in [-0.2, 0) is 20.9 Å². The number of ether oxygens (including phenoxy) is 2. The van der Waals surface area contributed by atoms with Crippen LogP contribution in [0.2, 0.25) is 0 Å². The Morgan fingerprint density at radius 3 is 2.69 bits per heavy atom. The fraction of sp³-hybridized carbons (Fsp3) is 0.423. The van der Waals surface area contributed by atoms with E-state index in [-0.39, 0.29) is 18.0 Å². The summed E-state index contributed by atoms with van der Waals surface area (Å²) in [7, 11) is 2.12. The summed E-state index contributed by atoms with van der Waals surface area (Å²) < 4.78 is 11.4. The molecule has 2 aliphatic heterocycles. The van der Waals surface area contributed by atoms with Crippen LogP contribution < -0.4 is 20.8 Å². The van der Waals surface area contributed by atoms with Crippen LogP contribution in [0, 0.1) is 0 Å². The Morgan fingerprint density at radius 2 is 1.94 bits per heavy atom. The molecule has 2 aromatic carbocycles. The van der Waals surface area contributed by atoms with Crippen LogP contribution in [0.15, 0.2) is 59.7 Å². The van der Waals surface area contributed by atoms with Gasteiger partial charge in [0.25, 0.3) is 5.91 Å². The zero-order valence-electron chi connectivity index (χ0n) is 20.1. The Morgan fingerprint density at radius 1 is 1.17 bits per heavy atom. The van der Waals surface area contributed by atoms with Crippen molar-refractivity contribution in [3.8, 4) is 5.75 Å². The number of hydrogen-bond acceptors (Lipinski definition) is 7. The first kappa shape index (κ1) is 24.7. The first-order chi connectivity index (χ1) is 17.0.